The SMILES string of the molecule is CC1(F)CCN(c2nc(-c3cnc(N)c(OC(F)F)c3)cc(N3C[C@@H]4C[C@H]3CO4)n2)C1. The summed E-state index contributed by atoms with van der Waals surface area (Å²) in [7, 11) is 0. The zero-order chi connectivity index (χ0) is 21.8. The summed E-state index contributed by atoms with van der Waals surface area (Å²) in [5, 5.41) is 0. The molecule has 3 fully saturated rings. The largest absolute Gasteiger partial charge is 0.431 e. The van der Waals surface area contributed by atoms with E-state index in [0.717, 1.165) is 6.42 Å². The molecule has 31 heavy (non-hydrogen) atoms. The molecule has 2 bridgehead atoms. The molecule has 2 N–H and O–H groups in total. The molecule has 0 saturated carbocycles. The summed E-state index contributed by atoms with van der Waals surface area (Å²) in [6, 6.07) is 3.38. The Balaban J connectivity index is 1.55. The van der Waals surface area contributed by atoms with Gasteiger partial charge < -0.3 is 25.0 Å². The van der Waals surface area contributed by atoms with Crippen molar-refractivity contribution in [2.24, 2.45) is 0 Å². The van der Waals surface area contributed by atoms with E-state index in [2.05, 4.69) is 19.6 Å². The standard InChI is InChI=1S/C20H23F3N6O2/c1-20(23)2-3-28(10-20)19-26-14(11-4-15(31-18(21)22)17(24)25-7-11)6-16(27-19)29-8-13-5-12(29)9-30-13/h4,6-7,12-13,18H,2-3,5,8-10H2,1H3,(H2,24,25)/t12-,13-,20?/m0/s1. The van der Waals surface area contributed by atoms with Crippen LogP contribution < -0.4 is 20.3 Å². The van der Waals surface area contributed by atoms with E-state index in [9.17, 15) is 13.2 Å². The van der Waals surface area contributed by atoms with Crippen LogP contribution >= 0.6 is 0 Å². The molecule has 3 aliphatic rings. The topological polar surface area (TPSA) is 89.6 Å². The first-order valence-corrected chi connectivity index (χ1v) is 10.2. The lowest BCUT2D eigenvalue weighted by Crippen LogP contribution is -2.38. The third kappa shape index (κ3) is 3.93. The van der Waals surface area contributed by atoms with Crippen LogP contribution in [0, 0.1) is 0 Å². The maximum atomic E-state index is 14.5. The first-order valence-electron chi connectivity index (χ1n) is 10.2. The van der Waals surface area contributed by atoms with E-state index in [-0.39, 0.29) is 30.3 Å². The fourth-order valence-corrected chi connectivity index (χ4v) is 4.42. The Morgan fingerprint density at radius 2 is 2.16 bits per heavy atom. The van der Waals surface area contributed by atoms with Gasteiger partial charge in [0.2, 0.25) is 5.95 Å². The number of nitrogens with zero attached hydrogens (tertiary/aromatic N) is 5. The van der Waals surface area contributed by atoms with Gasteiger partial charge in [-0.3, -0.25) is 0 Å². The maximum absolute atomic E-state index is 14.5. The number of hydrogen-bond donors (Lipinski definition) is 1. The lowest BCUT2D eigenvalue weighted by molar-refractivity contribution is -0.0494. The second-order valence-corrected chi connectivity index (χ2v) is 8.48. The van der Waals surface area contributed by atoms with Crippen LogP contribution in [0.3, 0.4) is 0 Å². The number of nitrogens with two attached hydrogens (primary N) is 1. The van der Waals surface area contributed by atoms with Gasteiger partial charge in [-0.2, -0.15) is 13.8 Å². The summed E-state index contributed by atoms with van der Waals surface area (Å²) in [6.07, 6.45) is 2.92. The van der Waals surface area contributed by atoms with Crippen LogP contribution in [0.5, 0.6) is 5.75 Å². The Kier molecular flexibility index (Phi) is 4.80. The van der Waals surface area contributed by atoms with Crippen LogP contribution in [0.4, 0.5) is 30.8 Å². The highest BCUT2D eigenvalue weighted by molar-refractivity contribution is 5.68. The van der Waals surface area contributed by atoms with E-state index < -0.39 is 12.3 Å². The van der Waals surface area contributed by atoms with Crippen molar-refractivity contribution in [3.8, 4) is 17.0 Å². The number of morpholine rings is 1. The summed E-state index contributed by atoms with van der Waals surface area (Å²) in [5.74, 6) is 0.725. The molecule has 11 heteroatoms. The molecular weight excluding hydrogens is 413 g/mol. The van der Waals surface area contributed by atoms with Crippen molar-refractivity contribution >= 4 is 17.6 Å². The second kappa shape index (κ2) is 7.40. The molecule has 8 nitrogen and oxygen atoms in total. The van der Waals surface area contributed by atoms with Gasteiger partial charge in [0.1, 0.15) is 11.5 Å². The normalized spacial score (nSPS) is 27.5. The zero-order valence-corrected chi connectivity index (χ0v) is 17.0. The van der Waals surface area contributed by atoms with Crippen molar-refractivity contribution in [1.82, 2.24) is 15.0 Å². The first-order chi connectivity index (χ1) is 14.8. The monoisotopic (exact) mass is 436 g/mol. The Bertz CT molecular complexity index is 991. The van der Waals surface area contributed by atoms with Crippen LogP contribution in [0.15, 0.2) is 18.3 Å². The lowest BCUT2D eigenvalue weighted by Gasteiger charge is -2.29. The number of anilines is 3. The Labute approximate surface area is 177 Å². The van der Waals surface area contributed by atoms with Gasteiger partial charge in [0, 0.05) is 37.3 Å². The average molecular weight is 436 g/mol. The van der Waals surface area contributed by atoms with Gasteiger partial charge >= 0.3 is 6.61 Å². The zero-order valence-electron chi connectivity index (χ0n) is 17.0. The van der Waals surface area contributed by atoms with Crippen molar-refractivity contribution in [1.29, 1.82) is 0 Å². The Hall–Kier alpha value is -2.82. The molecule has 2 aromatic heterocycles. The molecule has 0 aliphatic carbocycles. The highest BCUT2D eigenvalue weighted by Crippen LogP contribution is 2.36. The molecule has 166 valence electrons. The molecule has 0 amide bonds. The van der Waals surface area contributed by atoms with Gasteiger partial charge in [-0.05, 0) is 19.4 Å². The van der Waals surface area contributed by atoms with Crippen molar-refractivity contribution < 1.29 is 22.6 Å². The molecule has 3 aliphatic heterocycles. The van der Waals surface area contributed by atoms with Crippen LogP contribution in [-0.2, 0) is 4.74 Å². The highest BCUT2D eigenvalue weighted by atomic mass is 19.3. The van der Waals surface area contributed by atoms with E-state index in [1.807, 2.05) is 0 Å². The second-order valence-electron chi connectivity index (χ2n) is 8.48. The van der Waals surface area contributed by atoms with E-state index in [1.54, 1.807) is 17.9 Å². The molecule has 1 unspecified atom stereocenters. The van der Waals surface area contributed by atoms with E-state index in [4.69, 9.17) is 15.5 Å². The molecule has 0 aromatic carbocycles. The first kappa shape index (κ1) is 20.1. The fraction of sp³-hybridized carbons (Fsp3) is 0.550. The Morgan fingerprint density at radius 1 is 1.32 bits per heavy atom. The molecule has 5 heterocycles. The summed E-state index contributed by atoms with van der Waals surface area (Å²) >= 11 is 0. The third-order valence-electron chi connectivity index (χ3n) is 6.00. The van der Waals surface area contributed by atoms with Crippen LogP contribution in [0.1, 0.15) is 19.8 Å². The van der Waals surface area contributed by atoms with Gasteiger partial charge in [-0.15, -0.1) is 0 Å². The summed E-state index contributed by atoms with van der Waals surface area (Å²) < 4.78 is 50.1. The van der Waals surface area contributed by atoms with E-state index in [1.165, 1.54) is 12.3 Å². The van der Waals surface area contributed by atoms with Crippen molar-refractivity contribution in [2.75, 3.05) is 41.8 Å². The third-order valence-corrected chi connectivity index (χ3v) is 6.00. The van der Waals surface area contributed by atoms with E-state index >= 15 is 0 Å². The molecular formula is C20H23F3N6O2. The number of ether oxygens (including phenoxy) is 2. The smallest absolute Gasteiger partial charge is 0.387 e. The maximum Gasteiger partial charge on any atom is 0.387 e. The van der Waals surface area contributed by atoms with Gasteiger partial charge in [-0.1, -0.05) is 0 Å². The number of alkyl halides is 3. The van der Waals surface area contributed by atoms with Crippen molar-refractivity contribution in [2.45, 2.75) is 44.2 Å². The van der Waals surface area contributed by atoms with Crippen molar-refractivity contribution in [3.63, 3.8) is 0 Å². The summed E-state index contributed by atoms with van der Waals surface area (Å²) in [4.78, 5) is 17.3. The van der Waals surface area contributed by atoms with Crippen LogP contribution in [0.25, 0.3) is 11.3 Å². The highest BCUT2D eigenvalue weighted by Gasteiger charge is 2.40. The minimum Gasteiger partial charge on any atom is -0.431 e. The van der Waals surface area contributed by atoms with Gasteiger partial charge in [0.05, 0.1) is 31.0 Å². The van der Waals surface area contributed by atoms with Crippen LogP contribution in [0.2, 0.25) is 0 Å². The molecule has 2 aromatic rings. The number of hydrogen-bond acceptors (Lipinski definition) is 8. The number of pyridine rings is 1. The predicted octanol–water partition coefficient (Wildman–Crippen LogP) is 2.64. The summed E-state index contributed by atoms with van der Waals surface area (Å²) in [6.45, 7) is 0.549. The average Bonchev–Trinajstić information content (AvgIpc) is 3.44. The lowest BCUT2D eigenvalue weighted by atomic mass is 10.1. The van der Waals surface area contributed by atoms with Crippen LogP contribution in [-0.4, -0.2) is 65.6 Å². The Morgan fingerprint density at radius 3 is 2.81 bits per heavy atom. The number of rotatable bonds is 5. The number of fused-ring (bicyclic) bond motifs is 2. The molecule has 3 atom stereocenters. The minimum atomic E-state index is -3.03. The van der Waals surface area contributed by atoms with Gasteiger partial charge in [0.25, 0.3) is 0 Å². The predicted molar refractivity (Wildman–Crippen MR) is 108 cm³/mol. The number of halogens is 3. The van der Waals surface area contributed by atoms with Gasteiger partial charge in [0.15, 0.2) is 11.6 Å². The van der Waals surface area contributed by atoms with Gasteiger partial charge in [-0.25, -0.2) is 14.4 Å². The quantitative estimate of drug-likeness (QED) is 0.765. The molecule has 0 radical (unpaired) electrons. The number of nitrogen functional groups attached to an aromatic ring is 1. The van der Waals surface area contributed by atoms with E-state index in [0.29, 0.717) is 49.1 Å². The van der Waals surface area contributed by atoms with Crippen molar-refractivity contribution in [3.05, 3.63) is 18.3 Å². The summed E-state index contributed by atoms with van der Waals surface area (Å²) in [5.41, 5.74) is 5.28. The number of aromatic nitrogens is 3. The minimum absolute atomic E-state index is 0.139. The fourth-order valence-electron chi connectivity index (χ4n) is 4.42. The molecule has 0 spiro atoms. The molecule has 3 saturated heterocycles. The molecule has 5 rings (SSSR count).